The van der Waals surface area contributed by atoms with Crippen LogP contribution in [0.15, 0.2) is 18.2 Å². The number of ether oxygens (including phenoxy) is 1. The third-order valence-corrected chi connectivity index (χ3v) is 3.22. The van der Waals surface area contributed by atoms with Crippen LogP contribution in [0.3, 0.4) is 0 Å². The van der Waals surface area contributed by atoms with E-state index < -0.39 is 11.7 Å². The van der Waals surface area contributed by atoms with Crippen LogP contribution < -0.4 is 5.32 Å². The lowest BCUT2D eigenvalue weighted by molar-refractivity contribution is 0.0862. The predicted molar refractivity (Wildman–Crippen MR) is 71.6 cm³/mol. The van der Waals surface area contributed by atoms with Gasteiger partial charge in [-0.15, -0.1) is 0 Å². The fraction of sp³-hybridized carbons (Fsp3) is 0.400. The molecule has 2 N–H and O–H groups in total. The van der Waals surface area contributed by atoms with Gasteiger partial charge in [0.2, 0.25) is 0 Å². The van der Waals surface area contributed by atoms with Crippen LogP contribution in [0.25, 0.3) is 0 Å². The van der Waals surface area contributed by atoms with E-state index >= 15 is 0 Å². The molecule has 1 aromatic carbocycles. The summed E-state index contributed by atoms with van der Waals surface area (Å²) in [5.74, 6) is 4.04. The quantitative estimate of drug-likeness (QED) is 0.795. The molecule has 1 aliphatic rings. The number of benzene rings is 1. The molecular formula is C15H16FNO3. The Kier molecular flexibility index (Phi) is 4.72. The summed E-state index contributed by atoms with van der Waals surface area (Å²) < 4.78 is 19.1. The minimum Gasteiger partial charge on any atom is -0.384 e. The summed E-state index contributed by atoms with van der Waals surface area (Å²) in [7, 11) is 0. The molecule has 1 saturated heterocycles. The van der Waals surface area contributed by atoms with Crippen LogP contribution >= 0.6 is 0 Å². The highest BCUT2D eigenvalue weighted by Gasteiger charge is 2.26. The number of nitrogens with one attached hydrogen (secondary N) is 1. The van der Waals surface area contributed by atoms with Crippen molar-refractivity contribution in [1.29, 1.82) is 0 Å². The molecule has 0 radical (unpaired) electrons. The number of amides is 1. The second kappa shape index (κ2) is 6.51. The highest BCUT2D eigenvalue weighted by atomic mass is 19.1. The average Bonchev–Trinajstić information content (AvgIpc) is 2.83. The van der Waals surface area contributed by atoms with Crippen molar-refractivity contribution in [3.63, 3.8) is 0 Å². The molecule has 2 atom stereocenters. The monoisotopic (exact) mass is 277 g/mol. The average molecular weight is 277 g/mol. The van der Waals surface area contributed by atoms with Crippen LogP contribution in [-0.4, -0.2) is 36.4 Å². The SMILES string of the molecule is CC1OCCC1NC(=O)c1cc(C#CCO)ccc1F. The Balaban J connectivity index is 2.16. The first kappa shape index (κ1) is 14.5. The van der Waals surface area contributed by atoms with Gasteiger partial charge in [0.1, 0.15) is 12.4 Å². The van der Waals surface area contributed by atoms with Crippen molar-refractivity contribution in [2.24, 2.45) is 0 Å². The summed E-state index contributed by atoms with van der Waals surface area (Å²) in [6.07, 6.45) is 0.651. The van der Waals surface area contributed by atoms with Crippen LogP contribution in [0, 0.1) is 17.7 Å². The molecule has 0 aromatic heterocycles. The number of carbonyl (C=O) groups is 1. The summed E-state index contributed by atoms with van der Waals surface area (Å²) in [5, 5.41) is 11.4. The van der Waals surface area contributed by atoms with Gasteiger partial charge in [0.15, 0.2) is 0 Å². The highest BCUT2D eigenvalue weighted by Crippen LogP contribution is 2.15. The minimum atomic E-state index is -0.594. The zero-order valence-electron chi connectivity index (χ0n) is 11.1. The molecule has 1 aromatic rings. The fourth-order valence-corrected chi connectivity index (χ4v) is 2.09. The molecule has 1 amide bonds. The Morgan fingerprint density at radius 3 is 3.05 bits per heavy atom. The molecule has 0 spiro atoms. The summed E-state index contributed by atoms with van der Waals surface area (Å²) in [5.41, 5.74) is 0.440. The van der Waals surface area contributed by atoms with E-state index in [-0.39, 0.29) is 24.3 Å². The van der Waals surface area contributed by atoms with Gasteiger partial charge in [-0.2, -0.15) is 0 Å². The molecule has 0 aliphatic carbocycles. The zero-order chi connectivity index (χ0) is 14.5. The smallest absolute Gasteiger partial charge is 0.254 e. The van der Waals surface area contributed by atoms with E-state index in [0.717, 1.165) is 6.42 Å². The summed E-state index contributed by atoms with van der Waals surface area (Å²) in [6.45, 7) is 2.18. The molecule has 1 aliphatic heterocycles. The first-order chi connectivity index (χ1) is 9.61. The van der Waals surface area contributed by atoms with E-state index in [1.165, 1.54) is 18.2 Å². The van der Waals surface area contributed by atoms with Crippen molar-refractivity contribution in [1.82, 2.24) is 5.32 Å². The molecule has 5 heteroatoms. The van der Waals surface area contributed by atoms with Gasteiger partial charge in [0, 0.05) is 12.2 Å². The van der Waals surface area contributed by atoms with Gasteiger partial charge in [-0.25, -0.2) is 4.39 Å². The Morgan fingerprint density at radius 1 is 1.60 bits per heavy atom. The highest BCUT2D eigenvalue weighted by molar-refractivity contribution is 5.95. The maximum atomic E-state index is 13.7. The van der Waals surface area contributed by atoms with Crippen molar-refractivity contribution in [2.75, 3.05) is 13.2 Å². The molecule has 2 rings (SSSR count). The topological polar surface area (TPSA) is 58.6 Å². The van der Waals surface area contributed by atoms with Gasteiger partial charge < -0.3 is 15.2 Å². The number of halogens is 1. The van der Waals surface area contributed by atoms with Crippen LogP contribution in [0.2, 0.25) is 0 Å². The number of hydrogen-bond donors (Lipinski definition) is 2. The summed E-state index contributed by atoms with van der Waals surface area (Å²) in [6, 6.07) is 3.95. The van der Waals surface area contributed by atoms with E-state index in [1.807, 2.05) is 6.92 Å². The Morgan fingerprint density at radius 2 is 2.40 bits per heavy atom. The first-order valence-electron chi connectivity index (χ1n) is 6.43. The van der Waals surface area contributed by atoms with Crippen molar-refractivity contribution < 1.29 is 19.0 Å². The number of rotatable bonds is 2. The van der Waals surface area contributed by atoms with E-state index in [2.05, 4.69) is 17.2 Å². The predicted octanol–water partition coefficient (Wildman–Crippen LogP) is 1.08. The lowest BCUT2D eigenvalue weighted by atomic mass is 10.1. The third-order valence-electron chi connectivity index (χ3n) is 3.22. The molecule has 0 bridgehead atoms. The maximum absolute atomic E-state index is 13.7. The van der Waals surface area contributed by atoms with Gasteiger partial charge in [-0.1, -0.05) is 11.8 Å². The zero-order valence-corrected chi connectivity index (χ0v) is 11.1. The molecular weight excluding hydrogens is 261 g/mol. The van der Waals surface area contributed by atoms with Crippen LogP contribution in [0.5, 0.6) is 0 Å². The van der Waals surface area contributed by atoms with Crippen LogP contribution in [-0.2, 0) is 4.74 Å². The number of aliphatic hydroxyl groups is 1. The van der Waals surface area contributed by atoms with Crippen LogP contribution in [0.1, 0.15) is 29.3 Å². The van der Waals surface area contributed by atoms with Crippen molar-refractivity contribution in [3.8, 4) is 11.8 Å². The first-order valence-corrected chi connectivity index (χ1v) is 6.43. The normalized spacial score (nSPS) is 21.1. The van der Waals surface area contributed by atoms with Crippen molar-refractivity contribution in [3.05, 3.63) is 35.1 Å². The molecule has 20 heavy (non-hydrogen) atoms. The van der Waals surface area contributed by atoms with Gasteiger partial charge in [-0.05, 0) is 31.5 Å². The third kappa shape index (κ3) is 3.35. The second-order valence-corrected chi connectivity index (χ2v) is 4.60. The molecule has 2 unspecified atom stereocenters. The van der Waals surface area contributed by atoms with E-state index in [1.54, 1.807) is 0 Å². The molecule has 106 valence electrons. The fourth-order valence-electron chi connectivity index (χ4n) is 2.09. The van der Waals surface area contributed by atoms with Crippen LogP contribution in [0.4, 0.5) is 4.39 Å². The summed E-state index contributed by atoms with van der Waals surface area (Å²) >= 11 is 0. The van der Waals surface area contributed by atoms with Crippen molar-refractivity contribution >= 4 is 5.91 Å². The van der Waals surface area contributed by atoms with Crippen molar-refractivity contribution in [2.45, 2.75) is 25.5 Å². The lowest BCUT2D eigenvalue weighted by Crippen LogP contribution is -2.39. The van der Waals surface area contributed by atoms with Gasteiger partial charge in [0.25, 0.3) is 5.91 Å². The number of carbonyl (C=O) groups excluding carboxylic acids is 1. The van der Waals surface area contributed by atoms with Gasteiger partial charge >= 0.3 is 0 Å². The number of aliphatic hydroxyl groups excluding tert-OH is 1. The molecule has 1 fully saturated rings. The van der Waals surface area contributed by atoms with Gasteiger partial charge in [-0.3, -0.25) is 4.79 Å². The second-order valence-electron chi connectivity index (χ2n) is 4.60. The largest absolute Gasteiger partial charge is 0.384 e. The summed E-state index contributed by atoms with van der Waals surface area (Å²) in [4.78, 5) is 12.1. The standard InChI is InChI=1S/C15H16FNO3/c1-10-14(6-8-20-10)17-15(19)12-9-11(3-2-7-18)4-5-13(12)16/h4-5,9-10,14,18H,6-8H2,1H3,(H,17,19). The lowest BCUT2D eigenvalue weighted by Gasteiger charge is -2.16. The molecule has 0 saturated carbocycles. The minimum absolute atomic E-state index is 0.0474. The Hall–Kier alpha value is -1.90. The number of hydrogen-bond acceptors (Lipinski definition) is 3. The maximum Gasteiger partial charge on any atom is 0.254 e. The molecule has 1 heterocycles. The van der Waals surface area contributed by atoms with E-state index in [4.69, 9.17) is 9.84 Å². The van der Waals surface area contributed by atoms with Gasteiger partial charge in [0.05, 0.1) is 17.7 Å². The Labute approximate surface area is 116 Å². The molecule has 4 nitrogen and oxygen atoms in total. The Bertz CT molecular complexity index is 562. The van der Waals surface area contributed by atoms with E-state index in [9.17, 15) is 9.18 Å². The van der Waals surface area contributed by atoms with E-state index in [0.29, 0.717) is 12.2 Å².